The zero-order chi connectivity index (χ0) is 36.7. The summed E-state index contributed by atoms with van der Waals surface area (Å²) in [5.74, 6) is 0.710. The van der Waals surface area contributed by atoms with Gasteiger partial charge in [0.15, 0.2) is 5.82 Å². The van der Waals surface area contributed by atoms with Crippen LogP contribution in [0, 0.1) is 0 Å². The van der Waals surface area contributed by atoms with Gasteiger partial charge in [0.25, 0.3) is 0 Å². The molecular weight excluding hydrogens is 667 g/mol. The second kappa shape index (κ2) is 12.0. The van der Waals surface area contributed by atoms with E-state index in [9.17, 15) is 0 Å². The van der Waals surface area contributed by atoms with Gasteiger partial charge in [0.1, 0.15) is 0 Å². The van der Waals surface area contributed by atoms with Gasteiger partial charge in [0.05, 0.1) is 11.4 Å². The Morgan fingerprint density at radius 3 is 1.84 bits per heavy atom. The summed E-state index contributed by atoms with van der Waals surface area (Å²) in [5, 5.41) is 7.41. The van der Waals surface area contributed by atoms with Crippen molar-refractivity contribution < 1.29 is 0 Å². The number of rotatable bonds is 5. The van der Waals surface area contributed by atoms with Crippen molar-refractivity contribution >= 4 is 32.3 Å². The fraction of sp³-hybridized carbons (Fsp3) is 0.0577. The smallest absolute Gasteiger partial charge is 0.161 e. The Balaban J connectivity index is 1.05. The summed E-state index contributed by atoms with van der Waals surface area (Å²) in [6, 6.07) is 59.2. The number of hydrogen-bond donors (Lipinski definition) is 0. The molecule has 10 aromatic rings. The number of hydrogen-bond acceptors (Lipinski definition) is 3. The fourth-order valence-corrected chi connectivity index (χ4v) is 8.90. The molecule has 8 aromatic carbocycles. The first-order valence-electron chi connectivity index (χ1n) is 18.9. The average molecular weight is 702 g/mol. The molecule has 0 spiro atoms. The van der Waals surface area contributed by atoms with E-state index in [0.717, 1.165) is 44.6 Å². The third-order valence-electron chi connectivity index (χ3n) is 11.7. The van der Waals surface area contributed by atoms with E-state index in [-0.39, 0.29) is 5.41 Å². The molecule has 0 amide bonds. The monoisotopic (exact) mass is 701 g/mol. The molecule has 0 bridgehead atoms. The number of nitrogens with zero attached hydrogens (tertiary/aromatic N) is 3. The first-order chi connectivity index (χ1) is 27.0. The maximum atomic E-state index is 5.33. The number of benzene rings is 8. The molecule has 0 saturated carbocycles. The van der Waals surface area contributed by atoms with Crippen molar-refractivity contribution in [2.45, 2.75) is 19.3 Å². The number of aromatic nitrogens is 3. The minimum absolute atomic E-state index is 0.0465. The van der Waals surface area contributed by atoms with E-state index in [1.807, 2.05) is 18.5 Å². The Hall–Kier alpha value is -6.97. The van der Waals surface area contributed by atoms with Gasteiger partial charge in [-0.1, -0.05) is 147 Å². The van der Waals surface area contributed by atoms with Gasteiger partial charge in [-0.2, -0.15) is 0 Å². The van der Waals surface area contributed by atoms with Gasteiger partial charge in [-0.05, 0) is 102 Å². The Bertz CT molecular complexity index is 3090. The molecule has 0 fully saturated rings. The molecule has 3 nitrogen and oxygen atoms in total. The van der Waals surface area contributed by atoms with Crippen molar-refractivity contribution in [3.05, 3.63) is 187 Å². The summed E-state index contributed by atoms with van der Waals surface area (Å²) in [7, 11) is 0. The predicted octanol–water partition coefficient (Wildman–Crippen LogP) is 13.4. The van der Waals surface area contributed by atoms with Gasteiger partial charge < -0.3 is 0 Å². The average Bonchev–Trinajstić information content (AvgIpc) is 3.48. The fourth-order valence-electron chi connectivity index (χ4n) is 8.90. The molecule has 0 saturated heterocycles. The molecule has 0 radical (unpaired) electrons. The summed E-state index contributed by atoms with van der Waals surface area (Å²) in [6.45, 7) is 4.67. The highest BCUT2D eigenvalue weighted by Gasteiger charge is 2.35. The Morgan fingerprint density at radius 2 is 1.02 bits per heavy atom. The van der Waals surface area contributed by atoms with E-state index >= 15 is 0 Å². The van der Waals surface area contributed by atoms with E-state index in [4.69, 9.17) is 9.97 Å². The van der Waals surface area contributed by atoms with Crippen LogP contribution >= 0.6 is 0 Å². The summed E-state index contributed by atoms with van der Waals surface area (Å²) in [6.07, 6.45) is 3.71. The first-order valence-corrected chi connectivity index (χ1v) is 18.9. The van der Waals surface area contributed by atoms with Crippen LogP contribution in [-0.4, -0.2) is 15.0 Å². The highest BCUT2D eigenvalue weighted by Crippen LogP contribution is 2.49. The zero-order valence-electron chi connectivity index (χ0n) is 30.6. The Kier molecular flexibility index (Phi) is 6.90. The first kappa shape index (κ1) is 31.5. The maximum absolute atomic E-state index is 5.33. The van der Waals surface area contributed by atoms with E-state index in [1.54, 1.807) is 0 Å². The lowest BCUT2D eigenvalue weighted by Gasteiger charge is -2.22. The van der Waals surface area contributed by atoms with Crippen LogP contribution in [0.5, 0.6) is 0 Å². The van der Waals surface area contributed by atoms with Gasteiger partial charge in [-0.25, -0.2) is 9.97 Å². The maximum Gasteiger partial charge on any atom is 0.161 e. The molecule has 1 aliphatic carbocycles. The lowest BCUT2D eigenvalue weighted by atomic mass is 9.81. The minimum Gasteiger partial charge on any atom is -0.264 e. The summed E-state index contributed by atoms with van der Waals surface area (Å²) < 4.78 is 0. The summed E-state index contributed by atoms with van der Waals surface area (Å²) in [4.78, 5) is 15.0. The molecule has 0 aliphatic heterocycles. The molecule has 0 unspecified atom stereocenters. The van der Waals surface area contributed by atoms with Crippen LogP contribution in [0.1, 0.15) is 25.0 Å². The van der Waals surface area contributed by atoms with Gasteiger partial charge in [-0.15, -0.1) is 0 Å². The molecular formula is C52H35N3. The van der Waals surface area contributed by atoms with Crippen LogP contribution < -0.4 is 0 Å². The zero-order valence-corrected chi connectivity index (χ0v) is 30.6. The third-order valence-corrected chi connectivity index (χ3v) is 11.7. The largest absolute Gasteiger partial charge is 0.264 e. The molecule has 2 aromatic heterocycles. The van der Waals surface area contributed by atoms with Crippen LogP contribution in [0.15, 0.2) is 176 Å². The quantitative estimate of drug-likeness (QED) is 0.168. The molecule has 11 rings (SSSR count). The Labute approximate surface area is 320 Å². The molecule has 258 valence electrons. The van der Waals surface area contributed by atoms with Crippen LogP contribution in [0.25, 0.3) is 99.6 Å². The molecule has 1 aliphatic rings. The Morgan fingerprint density at radius 1 is 0.400 bits per heavy atom. The van der Waals surface area contributed by atoms with Crippen LogP contribution in [0.3, 0.4) is 0 Å². The lowest BCUT2D eigenvalue weighted by Crippen LogP contribution is -2.14. The van der Waals surface area contributed by atoms with E-state index in [2.05, 4.69) is 177 Å². The van der Waals surface area contributed by atoms with Crippen molar-refractivity contribution in [2.75, 3.05) is 0 Å². The van der Waals surface area contributed by atoms with Gasteiger partial charge in [0, 0.05) is 40.1 Å². The highest BCUT2D eigenvalue weighted by atomic mass is 14.9. The molecule has 0 N–H and O–H groups in total. The van der Waals surface area contributed by atoms with Crippen molar-refractivity contribution in [2.24, 2.45) is 0 Å². The predicted molar refractivity (Wildman–Crippen MR) is 228 cm³/mol. The van der Waals surface area contributed by atoms with Crippen molar-refractivity contribution in [1.29, 1.82) is 0 Å². The SMILES string of the molecule is CC1(C)c2ccccc2-c2ccc(-c3ccc(-c4cc(-c5cccc(-c6cccnc6)c5)nc(-c5ccc6ccc7cccc8ccc5c6c78)n4)cc3)cc21. The van der Waals surface area contributed by atoms with Crippen LogP contribution in [0.2, 0.25) is 0 Å². The lowest BCUT2D eigenvalue weighted by molar-refractivity contribution is 0.660. The molecule has 2 heterocycles. The van der Waals surface area contributed by atoms with Gasteiger partial charge in [-0.3, -0.25) is 4.98 Å². The highest BCUT2D eigenvalue weighted by molar-refractivity contribution is 6.25. The van der Waals surface area contributed by atoms with Gasteiger partial charge in [0.2, 0.25) is 0 Å². The second-order valence-electron chi connectivity index (χ2n) is 15.3. The van der Waals surface area contributed by atoms with Gasteiger partial charge >= 0.3 is 0 Å². The molecule has 55 heavy (non-hydrogen) atoms. The summed E-state index contributed by atoms with van der Waals surface area (Å²) >= 11 is 0. The van der Waals surface area contributed by atoms with Crippen molar-refractivity contribution in [3.8, 4) is 67.3 Å². The van der Waals surface area contributed by atoms with E-state index in [0.29, 0.717) is 5.82 Å². The van der Waals surface area contributed by atoms with Crippen molar-refractivity contribution in [1.82, 2.24) is 15.0 Å². The third kappa shape index (κ3) is 5.01. The topological polar surface area (TPSA) is 38.7 Å². The molecule has 3 heteroatoms. The molecule has 0 atom stereocenters. The number of pyridine rings is 1. The number of fused-ring (bicyclic) bond motifs is 3. The van der Waals surface area contributed by atoms with Crippen LogP contribution in [-0.2, 0) is 5.41 Å². The minimum atomic E-state index is -0.0465. The van der Waals surface area contributed by atoms with Crippen molar-refractivity contribution in [3.63, 3.8) is 0 Å². The van der Waals surface area contributed by atoms with Crippen LogP contribution in [0.4, 0.5) is 0 Å². The van der Waals surface area contributed by atoms with E-state index < -0.39 is 0 Å². The normalized spacial score (nSPS) is 13.1. The standard InChI is InChI=1S/C52H35N3/c1-52(2)45-14-4-3-13-41(45)42-24-23-38(29-46(42)52)32-15-17-33(18-16-32)47-30-48(39-11-6-10-37(28-39)40-12-7-27-53-31-40)55-51(54-47)44-26-22-36-20-19-34-8-5-9-35-21-25-43(44)50(36)49(34)35/h3-31H,1-2H3. The van der Waals surface area contributed by atoms with E-state index in [1.165, 1.54) is 60.3 Å². The second-order valence-corrected chi connectivity index (χ2v) is 15.3. The summed E-state index contributed by atoms with van der Waals surface area (Å²) in [5.41, 5.74) is 14.8.